The second kappa shape index (κ2) is 6.47. The summed E-state index contributed by atoms with van der Waals surface area (Å²) in [5.41, 5.74) is 0. The van der Waals surface area contributed by atoms with Crippen LogP contribution in [-0.4, -0.2) is 39.4 Å². The number of esters is 1. The standard InChI is InChI=1S/C15H19N3O5/c1-9-16-17-12(23-9)8-22-13(19)6-7-18-14(20)10-4-2-3-5-11(10)15(18)21/h10-11H,2-8H2,1H3/t10-,11-/m0/s1. The Kier molecular flexibility index (Phi) is 4.40. The molecule has 8 nitrogen and oxygen atoms in total. The third-order valence-electron chi connectivity index (χ3n) is 4.40. The maximum Gasteiger partial charge on any atom is 0.308 e. The van der Waals surface area contributed by atoms with E-state index >= 15 is 0 Å². The highest BCUT2D eigenvalue weighted by atomic mass is 16.5. The van der Waals surface area contributed by atoms with Gasteiger partial charge in [-0.15, -0.1) is 10.2 Å². The zero-order valence-electron chi connectivity index (χ0n) is 13.0. The van der Waals surface area contributed by atoms with Gasteiger partial charge in [-0.2, -0.15) is 0 Å². The third-order valence-corrected chi connectivity index (χ3v) is 4.40. The average Bonchev–Trinajstić information content (AvgIpc) is 3.07. The molecule has 1 saturated carbocycles. The first kappa shape index (κ1) is 15.6. The van der Waals surface area contributed by atoms with Gasteiger partial charge in [-0.3, -0.25) is 19.3 Å². The molecule has 1 aromatic heterocycles. The number of likely N-dealkylation sites (tertiary alicyclic amines) is 1. The summed E-state index contributed by atoms with van der Waals surface area (Å²) < 4.78 is 10.1. The molecule has 1 saturated heterocycles. The largest absolute Gasteiger partial charge is 0.456 e. The Labute approximate surface area is 133 Å². The summed E-state index contributed by atoms with van der Waals surface area (Å²) in [5.74, 6) is -0.541. The van der Waals surface area contributed by atoms with Gasteiger partial charge in [-0.05, 0) is 12.8 Å². The fraction of sp³-hybridized carbons (Fsp3) is 0.667. The summed E-state index contributed by atoms with van der Waals surface area (Å²) in [5, 5.41) is 7.35. The Hall–Kier alpha value is -2.25. The lowest BCUT2D eigenvalue weighted by molar-refractivity contribution is -0.147. The third kappa shape index (κ3) is 3.25. The molecule has 2 amide bonds. The van der Waals surface area contributed by atoms with Crippen molar-refractivity contribution in [3.05, 3.63) is 11.8 Å². The lowest BCUT2D eigenvalue weighted by Gasteiger charge is -2.19. The van der Waals surface area contributed by atoms with E-state index < -0.39 is 5.97 Å². The number of ether oxygens (including phenoxy) is 1. The predicted molar refractivity (Wildman–Crippen MR) is 75.6 cm³/mol. The van der Waals surface area contributed by atoms with Crippen molar-refractivity contribution in [3.8, 4) is 0 Å². The second-order valence-corrected chi connectivity index (χ2v) is 5.95. The molecule has 2 aliphatic rings. The molecular formula is C15H19N3O5. The number of fused-ring (bicyclic) bond motifs is 1. The highest BCUT2D eigenvalue weighted by Gasteiger charge is 2.47. The summed E-state index contributed by atoms with van der Waals surface area (Å²) in [7, 11) is 0. The summed E-state index contributed by atoms with van der Waals surface area (Å²) >= 11 is 0. The first-order valence-electron chi connectivity index (χ1n) is 7.86. The zero-order valence-corrected chi connectivity index (χ0v) is 13.0. The lowest BCUT2D eigenvalue weighted by atomic mass is 9.81. The summed E-state index contributed by atoms with van der Waals surface area (Å²) in [6, 6.07) is 0. The monoisotopic (exact) mass is 321 g/mol. The van der Waals surface area contributed by atoms with E-state index in [4.69, 9.17) is 9.15 Å². The number of nitrogens with zero attached hydrogens (tertiary/aromatic N) is 3. The molecule has 1 aromatic rings. The van der Waals surface area contributed by atoms with Gasteiger partial charge in [-0.25, -0.2) is 0 Å². The van der Waals surface area contributed by atoms with E-state index in [0.29, 0.717) is 5.89 Å². The van der Waals surface area contributed by atoms with Gasteiger partial charge in [0.05, 0.1) is 18.3 Å². The summed E-state index contributed by atoms with van der Waals surface area (Å²) in [6.07, 6.45) is 3.49. The Morgan fingerprint density at radius 3 is 2.43 bits per heavy atom. The molecule has 0 bridgehead atoms. The Morgan fingerprint density at radius 1 is 1.22 bits per heavy atom. The lowest BCUT2D eigenvalue weighted by Crippen LogP contribution is -2.33. The van der Waals surface area contributed by atoms with E-state index in [1.54, 1.807) is 6.92 Å². The zero-order chi connectivity index (χ0) is 16.4. The first-order valence-corrected chi connectivity index (χ1v) is 7.86. The van der Waals surface area contributed by atoms with Crippen LogP contribution in [0.25, 0.3) is 0 Å². The van der Waals surface area contributed by atoms with Crippen molar-refractivity contribution in [3.63, 3.8) is 0 Å². The van der Waals surface area contributed by atoms with Gasteiger partial charge in [0.1, 0.15) is 0 Å². The molecule has 2 atom stereocenters. The van der Waals surface area contributed by atoms with Crippen molar-refractivity contribution in [2.45, 2.75) is 45.6 Å². The topological polar surface area (TPSA) is 103 Å². The van der Waals surface area contributed by atoms with Crippen LogP contribution < -0.4 is 0 Å². The van der Waals surface area contributed by atoms with E-state index in [0.717, 1.165) is 25.7 Å². The van der Waals surface area contributed by atoms with Crippen LogP contribution in [0.1, 0.15) is 43.9 Å². The minimum atomic E-state index is -0.503. The van der Waals surface area contributed by atoms with Crippen LogP contribution in [0.4, 0.5) is 0 Å². The van der Waals surface area contributed by atoms with Gasteiger partial charge in [0.2, 0.25) is 17.7 Å². The van der Waals surface area contributed by atoms with Crippen LogP contribution in [-0.2, 0) is 25.7 Å². The second-order valence-electron chi connectivity index (χ2n) is 5.95. The maximum atomic E-state index is 12.3. The quantitative estimate of drug-likeness (QED) is 0.588. The van der Waals surface area contributed by atoms with E-state index in [9.17, 15) is 14.4 Å². The molecule has 23 heavy (non-hydrogen) atoms. The fourth-order valence-corrected chi connectivity index (χ4v) is 3.26. The van der Waals surface area contributed by atoms with Crippen molar-refractivity contribution >= 4 is 17.8 Å². The van der Waals surface area contributed by atoms with Crippen molar-refractivity contribution < 1.29 is 23.5 Å². The summed E-state index contributed by atoms with van der Waals surface area (Å²) in [6.45, 7) is 1.61. The van der Waals surface area contributed by atoms with E-state index in [1.807, 2.05) is 0 Å². The molecule has 0 radical (unpaired) electrons. The molecule has 0 unspecified atom stereocenters. The van der Waals surface area contributed by atoms with E-state index in [2.05, 4.69) is 10.2 Å². The van der Waals surface area contributed by atoms with Crippen molar-refractivity contribution in [2.75, 3.05) is 6.54 Å². The van der Waals surface area contributed by atoms with Crippen molar-refractivity contribution in [2.24, 2.45) is 11.8 Å². The molecule has 0 spiro atoms. The Balaban J connectivity index is 1.48. The number of amides is 2. The molecule has 2 fully saturated rings. The molecule has 0 aromatic carbocycles. The number of rotatable bonds is 5. The van der Waals surface area contributed by atoms with E-state index in [-0.39, 0.29) is 49.1 Å². The maximum absolute atomic E-state index is 12.3. The number of carbonyl (C=O) groups is 3. The first-order chi connectivity index (χ1) is 11.1. The van der Waals surface area contributed by atoms with Gasteiger partial charge >= 0.3 is 5.97 Å². The average molecular weight is 321 g/mol. The highest BCUT2D eigenvalue weighted by molar-refractivity contribution is 6.05. The molecular weight excluding hydrogens is 302 g/mol. The van der Waals surface area contributed by atoms with Gasteiger partial charge in [-0.1, -0.05) is 12.8 Å². The Morgan fingerprint density at radius 2 is 1.87 bits per heavy atom. The minimum absolute atomic E-state index is 0.0238. The molecule has 2 heterocycles. The fourth-order valence-electron chi connectivity index (χ4n) is 3.26. The highest BCUT2D eigenvalue weighted by Crippen LogP contribution is 2.37. The van der Waals surface area contributed by atoms with Crippen LogP contribution in [0, 0.1) is 18.8 Å². The Bertz CT molecular complexity index is 602. The molecule has 3 rings (SSSR count). The van der Waals surface area contributed by atoms with Gasteiger partial charge in [0, 0.05) is 13.5 Å². The van der Waals surface area contributed by atoms with Gasteiger partial charge in [0.25, 0.3) is 5.89 Å². The van der Waals surface area contributed by atoms with Crippen molar-refractivity contribution in [1.29, 1.82) is 0 Å². The van der Waals surface area contributed by atoms with Crippen LogP contribution in [0.5, 0.6) is 0 Å². The molecule has 124 valence electrons. The number of aryl methyl sites for hydroxylation is 1. The van der Waals surface area contributed by atoms with E-state index in [1.165, 1.54) is 4.90 Å². The van der Waals surface area contributed by atoms with Crippen LogP contribution in [0.2, 0.25) is 0 Å². The van der Waals surface area contributed by atoms with Gasteiger partial charge < -0.3 is 9.15 Å². The SMILES string of the molecule is Cc1nnc(COC(=O)CCN2C(=O)[C@H]3CCCC[C@@H]3C2=O)o1. The normalized spacial score (nSPS) is 24.0. The number of carbonyl (C=O) groups excluding carboxylic acids is 3. The number of imide groups is 1. The smallest absolute Gasteiger partial charge is 0.308 e. The van der Waals surface area contributed by atoms with Crippen LogP contribution >= 0.6 is 0 Å². The molecule has 1 aliphatic carbocycles. The van der Waals surface area contributed by atoms with Crippen LogP contribution in [0.15, 0.2) is 4.42 Å². The number of aromatic nitrogens is 2. The number of hydrogen-bond acceptors (Lipinski definition) is 7. The minimum Gasteiger partial charge on any atom is -0.456 e. The molecule has 8 heteroatoms. The number of hydrogen-bond donors (Lipinski definition) is 0. The van der Waals surface area contributed by atoms with Gasteiger partial charge in [0.15, 0.2) is 6.61 Å². The van der Waals surface area contributed by atoms with Crippen molar-refractivity contribution in [1.82, 2.24) is 15.1 Å². The predicted octanol–water partition coefficient (Wildman–Crippen LogP) is 0.987. The van der Waals surface area contributed by atoms with Crippen LogP contribution in [0.3, 0.4) is 0 Å². The molecule has 0 N–H and O–H groups in total. The molecule has 1 aliphatic heterocycles. The summed E-state index contributed by atoms with van der Waals surface area (Å²) in [4.78, 5) is 37.5.